The Morgan fingerprint density at radius 3 is 2.60 bits per heavy atom. The van der Waals surface area contributed by atoms with Crippen LogP contribution in [-0.2, 0) is 11.2 Å². The van der Waals surface area contributed by atoms with Gasteiger partial charge in [0, 0.05) is 38.5 Å². The number of aromatic amines is 2. The average Bonchev–Trinajstić information content (AvgIpc) is 3.75. The third kappa shape index (κ3) is 4.86. The molecule has 0 spiro atoms. The topological polar surface area (TPSA) is 116 Å². The number of rotatable bonds is 7. The van der Waals surface area contributed by atoms with Crippen molar-refractivity contribution < 1.29 is 9.59 Å². The molecule has 0 saturated heterocycles. The van der Waals surface area contributed by atoms with Crippen LogP contribution in [0.4, 0.5) is 5.69 Å². The number of hydrogen-bond acceptors (Lipinski definition) is 6. The van der Waals surface area contributed by atoms with Crippen molar-refractivity contribution in [1.29, 1.82) is 0 Å². The lowest BCUT2D eigenvalue weighted by Crippen LogP contribution is -2.14. The van der Waals surface area contributed by atoms with Crippen LogP contribution in [0.2, 0.25) is 0 Å². The number of nitrogens with one attached hydrogen (secondary N) is 3. The summed E-state index contributed by atoms with van der Waals surface area (Å²) in [7, 11) is 0. The van der Waals surface area contributed by atoms with Crippen LogP contribution in [0, 0.1) is 0 Å². The van der Waals surface area contributed by atoms with Crippen molar-refractivity contribution in [3.8, 4) is 33.1 Å². The normalized spacial score (nSPS) is 11.3. The first-order chi connectivity index (χ1) is 20.5. The quantitative estimate of drug-likeness (QED) is 0.175. The van der Waals surface area contributed by atoms with Gasteiger partial charge >= 0.3 is 0 Å². The molecule has 0 radical (unpaired) electrons. The van der Waals surface area contributed by atoms with Crippen molar-refractivity contribution in [2.75, 3.05) is 5.32 Å². The van der Waals surface area contributed by atoms with Crippen molar-refractivity contribution in [2.24, 2.45) is 0 Å². The maximum Gasteiger partial charge on any atom is 0.228 e. The Morgan fingerprint density at radius 2 is 1.76 bits per heavy atom. The summed E-state index contributed by atoms with van der Waals surface area (Å²) in [6.07, 6.45) is 5.39. The number of anilines is 1. The van der Waals surface area contributed by atoms with Gasteiger partial charge in [0.15, 0.2) is 5.78 Å². The standard InChI is InChI=1S/C33H24N6O2S/c1-19(40)30-10-11-31(42-30)23-8-5-9-26-24(23)14-28(37-26)33-25-15-27(35-18-29(25)38-39-33)21-13-22(17-34-16-21)36-32(41)12-20-6-3-2-4-7-20/h2-11,13-18,37H,12H2,1H3,(H,36,41)(H,38,39). The van der Waals surface area contributed by atoms with E-state index in [9.17, 15) is 9.59 Å². The van der Waals surface area contributed by atoms with Crippen LogP contribution < -0.4 is 5.32 Å². The van der Waals surface area contributed by atoms with Gasteiger partial charge in [-0.1, -0.05) is 42.5 Å². The number of hydrogen-bond donors (Lipinski definition) is 3. The van der Waals surface area contributed by atoms with Crippen LogP contribution in [0.15, 0.2) is 97.5 Å². The molecule has 7 aromatic rings. The molecule has 0 bridgehead atoms. The molecule has 8 nitrogen and oxygen atoms in total. The molecule has 1 amide bonds. The van der Waals surface area contributed by atoms with Gasteiger partial charge in [0.1, 0.15) is 5.69 Å². The highest BCUT2D eigenvalue weighted by atomic mass is 32.1. The fourth-order valence-electron chi connectivity index (χ4n) is 5.08. The third-order valence-corrected chi connectivity index (χ3v) is 8.33. The maximum absolute atomic E-state index is 12.6. The summed E-state index contributed by atoms with van der Waals surface area (Å²) in [6.45, 7) is 1.59. The minimum Gasteiger partial charge on any atom is -0.353 e. The molecule has 0 fully saturated rings. The summed E-state index contributed by atoms with van der Waals surface area (Å²) in [4.78, 5) is 38.7. The largest absolute Gasteiger partial charge is 0.353 e. The molecule has 0 unspecified atom stereocenters. The molecule has 9 heteroatoms. The monoisotopic (exact) mass is 568 g/mol. The molecule has 2 aromatic carbocycles. The van der Waals surface area contributed by atoms with Crippen LogP contribution >= 0.6 is 11.3 Å². The van der Waals surface area contributed by atoms with Gasteiger partial charge in [-0.2, -0.15) is 5.10 Å². The smallest absolute Gasteiger partial charge is 0.228 e. The number of amides is 1. The van der Waals surface area contributed by atoms with Crippen molar-refractivity contribution in [3.63, 3.8) is 0 Å². The van der Waals surface area contributed by atoms with E-state index >= 15 is 0 Å². The Morgan fingerprint density at radius 1 is 0.881 bits per heavy atom. The lowest BCUT2D eigenvalue weighted by Gasteiger charge is -2.07. The van der Waals surface area contributed by atoms with E-state index in [1.54, 1.807) is 25.5 Å². The number of H-pyrrole nitrogens is 2. The van der Waals surface area contributed by atoms with Crippen molar-refractivity contribution >= 4 is 50.5 Å². The van der Waals surface area contributed by atoms with Crippen LogP contribution in [0.25, 0.3) is 54.9 Å². The maximum atomic E-state index is 12.6. The van der Waals surface area contributed by atoms with Gasteiger partial charge in [-0.15, -0.1) is 11.3 Å². The highest BCUT2D eigenvalue weighted by Crippen LogP contribution is 2.37. The number of benzene rings is 2. The van der Waals surface area contributed by atoms with E-state index in [1.807, 2.05) is 66.7 Å². The number of fused-ring (bicyclic) bond motifs is 2. The van der Waals surface area contributed by atoms with Crippen LogP contribution in [-0.4, -0.2) is 36.8 Å². The summed E-state index contributed by atoms with van der Waals surface area (Å²) in [5.41, 5.74) is 7.52. The van der Waals surface area contributed by atoms with Gasteiger partial charge < -0.3 is 10.3 Å². The number of thiophene rings is 1. The zero-order valence-electron chi connectivity index (χ0n) is 22.5. The molecule has 0 aliphatic heterocycles. The van der Waals surface area contributed by atoms with Crippen molar-refractivity contribution in [3.05, 3.63) is 108 Å². The molecule has 5 aromatic heterocycles. The number of nitrogens with zero attached hydrogens (tertiary/aromatic N) is 3. The first-order valence-corrected chi connectivity index (χ1v) is 14.2. The summed E-state index contributed by atoms with van der Waals surface area (Å²) >= 11 is 1.50. The molecule has 5 heterocycles. The molecular formula is C33H24N6O2S. The Hall–Kier alpha value is -5.41. The second-order valence-electron chi connectivity index (χ2n) is 10.0. The first kappa shape index (κ1) is 25.6. The fraction of sp³-hybridized carbons (Fsp3) is 0.0606. The van der Waals surface area contributed by atoms with Gasteiger partial charge in [-0.3, -0.25) is 24.7 Å². The van der Waals surface area contributed by atoms with E-state index in [-0.39, 0.29) is 18.1 Å². The summed E-state index contributed by atoms with van der Waals surface area (Å²) in [5, 5.41) is 12.6. The number of carbonyl (C=O) groups excluding carboxylic acids is 2. The van der Waals surface area contributed by atoms with Gasteiger partial charge in [0.25, 0.3) is 0 Å². The molecular weight excluding hydrogens is 544 g/mol. The second-order valence-corrected chi connectivity index (χ2v) is 11.1. The summed E-state index contributed by atoms with van der Waals surface area (Å²) < 4.78 is 0. The Kier molecular flexibility index (Phi) is 6.41. The zero-order chi connectivity index (χ0) is 28.6. The van der Waals surface area contributed by atoms with E-state index in [0.717, 1.165) is 59.6 Å². The van der Waals surface area contributed by atoms with E-state index in [0.29, 0.717) is 11.4 Å². The van der Waals surface area contributed by atoms with Crippen molar-refractivity contribution in [1.82, 2.24) is 25.1 Å². The molecule has 42 heavy (non-hydrogen) atoms. The van der Waals surface area contributed by atoms with Crippen molar-refractivity contribution in [2.45, 2.75) is 13.3 Å². The molecule has 3 N–H and O–H groups in total. The highest BCUT2D eigenvalue weighted by molar-refractivity contribution is 7.17. The predicted molar refractivity (Wildman–Crippen MR) is 167 cm³/mol. The SMILES string of the molecule is CC(=O)c1ccc(-c2cccc3[nH]c(-c4n[nH]c5cnc(-c6cncc(NC(=O)Cc7ccccc7)c6)cc45)cc23)s1. The molecule has 0 atom stereocenters. The Bertz CT molecular complexity index is 2110. The summed E-state index contributed by atoms with van der Waals surface area (Å²) in [6, 6.07) is 25.5. The van der Waals surface area contributed by atoms with E-state index in [1.165, 1.54) is 11.3 Å². The van der Waals surface area contributed by atoms with E-state index in [2.05, 4.69) is 42.6 Å². The molecule has 0 aliphatic rings. The number of pyridine rings is 2. The van der Waals surface area contributed by atoms with Gasteiger partial charge in [0.05, 0.1) is 46.3 Å². The number of carbonyl (C=O) groups is 2. The molecule has 0 aliphatic carbocycles. The van der Waals surface area contributed by atoms with Gasteiger partial charge in [-0.05, 0) is 48.9 Å². The molecule has 204 valence electrons. The van der Waals surface area contributed by atoms with Crippen LogP contribution in [0.5, 0.6) is 0 Å². The second kappa shape index (κ2) is 10.5. The lowest BCUT2D eigenvalue weighted by molar-refractivity contribution is -0.115. The minimum absolute atomic E-state index is 0.0656. The number of ketones is 1. The van der Waals surface area contributed by atoms with E-state index < -0.39 is 0 Å². The Balaban J connectivity index is 1.21. The Labute approximate surface area is 244 Å². The van der Waals surface area contributed by atoms with E-state index in [4.69, 9.17) is 0 Å². The average molecular weight is 569 g/mol. The molecule has 7 rings (SSSR count). The van der Waals surface area contributed by atoms with Gasteiger partial charge in [0.2, 0.25) is 5.91 Å². The number of Topliss-reactive ketones (excluding diaryl/α,β-unsaturated/α-hetero) is 1. The highest BCUT2D eigenvalue weighted by Gasteiger charge is 2.16. The van der Waals surface area contributed by atoms with Gasteiger partial charge in [-0.25, -0.2) is 0 Å². The van der Waals surface area contributed by atoms with Crippen LogP contribution in [0.3, 0.4) is 0 Å². The fourth-order valence-corrected chi connectivity index (χ4v) is 6.02. The minimum atomic E-state index is -0.112. The lowest BCUT2D eigenvalue weighted by atomic mass is 10.1. The zero-order valence-corrected chi connectivity index (χ0v) is 23.3. The number of aromatic nitrogens is 5. The third-order valence-electron chi connectivity index (χ3n) is 7.11. The molecule has 0 saturated carbocycles. The first-order valence-electron chi connectivity index (χ1n) is 13.4. The summed E-state index contributed by atoms with van der Waals surface area (Å²) in [5.74, 6) is -0.0465. The van der Waals surface area contributed by atoms with Crippen LogP contribution in [0.1, 0.15) is 22.2 Å². The predicted octanol–water partition coefficient (Wildman–Crippen LogP) is 7.28.